The van der Waals surface area contributed by atoms with Gasteiger partial charge in [0.2, 0.25) is 10.0 Å². The maximum absolute atomic E-state index is 11.9. The maximum Gasteiger partial charge on any atom is 0.242 e. The van der Waals surface area contributed by atoms with Gasteiger partial charge in [-0.3, -0.25) is 0 Å². The fraction of sp³-hybridized carbons (Fsp3) is 0.600. The van der Waals surface area contributed by atoms with Crippen LogP contribution in [0.15, 0.2) is 17.2 Å². The first kappa shape index (κ1) is 11.6. The summed E-state index contributed by atoms with van der Waals surface area (Å²) in [6.07, 6.45) is 3.53. The zero-order chi connectivity index (χ0) is 11.8. The Balaban J connectivity index is 2.28. The van der Waals surface area contributed by atoms with Crippen LogP contribution in [0.3, 0.4) is 0 Å². The Morgan fingerprint density at radius 2 is 2.25 bits per heavy atom. The summed E-state index contributed by atoms with van der Waals surface area (Å²) >= 11 is 0. The average molecular weight is 243 g/mol. The van der Waals surface area contributed by atoms with E-state index >= 15 is 0 Å². The molecule has 1 saturated carbocycles. The van der Waals surface area contributed by atoms with Gasteiger partial charge in [0.1, 0.15) is 0 Å². The Morgan fingerprint density at radius 3 is 2.69 bits per heavy atom. The van der Waals surface area contributed by atoms with E-state index in [2.05, 4.69) is 4.72 Å². The number of nitrogens with two attached hydrogens (primary N) is 1. The number of aryl methyl sites for hydroxylation is 1. The molecule has 2 rings (SSSR count). The highest BCUT2D eigenvalue weighted by Crippen LogP contribution is 2.23. The number of nitrogens with zero attached hydrogens (tertiary/aromatic N) is 1. The van der Waals surface area contributed by atoms with Crippen molar-refractivity contribution in [3.63, 3.8) is 0 Å². The lowest BCUT2D eigenvalue weighted by Crippen LogP contribution is -2.25. The number of nitrogens with one attached hydrogen (secondary N) is 1. The molecule has 0 saturated heterocycles. The lowest BCUT2D eigenvalue weighted by molar-refractivity contribution is 0.580. The SMILES string of the molecule is CCn1cc(S(=O)(=O)NC2CC2)cc1CN. The zero-order valence-corrected chi connectivity index (χ0v) is 10.1. The first-order valence-electron chi connectivity index (χ1n) is 5.48. The largest absolute Gasteiger partial charge is 0.349 e. The van der Waals surface area contributed by atoms with E-state index in [1.807, 2.05) is 11.5 Å². The van der Waals surface area contributed by atoms with Gasteiger partial charge in [-0.25, -0.2) is 13.1 Å². The van der Waals surface area contributed by atoms with E-state index in [1.54, 1.807) is 12.3 Å². The third-order valence-electron chi connectivity index (χ3n) is 2.72. The third kappa shape index (κ3) is 2.28. The van der Waals surface area contributed by atoms with Crippen LogP contribution >= 0.6 is 0 Å². The molecule has 1 aliphatic carbocycles. The topological polar surface area (TPSA) is 77.1 Å². The molecule has 0 radical (unpaired) electrons. The van der Waals surface area contributed by atoms with E-state index in [0.29, 0.717) is 11.4 Å². The Hall–Kier alpha value is -0.850. The molecule has 0 spiro atoms. The van der Waals surface area contributed by atoms with Gasteiger partial charge in [-0.1, -0.05) is 0 Å². The molecule has 0 amide bonds. The van der Waals surface area contributed by atoms with Crippen LogP contribution in [-0.4, -0.2) is 19.0 Å². The van der Waals surface area contributed by atoms with Crippen LogP contribution in [0, 0.1) is 0 Å². The highest BCUT2D eigenvalue weighted by molar-refractivity contribution is 7.89. The van der Waals surface area contributed by atoms with Crippen molar-refractivity contribution < 1.29 is 8.42 Å². The van der Waals surface area contributed by atoms with E-state index in [9.17, 15) is 8.42 Å². The van der Waals surface area contributed by atoms with Crippen LogP contribution in [0.25, 0.3) is 0 Å². The van der Waals surface area contributed by atoms with Crippen molar-refractivity contribution in [2.45, 2.75) is 43.8 Å². The summed E-state index contributed by atoms with van der Waals surface area (Å²) in [5.41, 5.74) is 6.41. The molecule has 16 heavy (non-hydrogen) atoms. The molecule has 90 valence electrons. The van der Waals surface area contributed by atoms with Gasteiger partial charge in [0.15, 0.2) is 0 Å². The van der Waals surface area contributed by atoms with E-state index in [0.717, 1.165) is 25.1 Å². The Kier molecular flexibility index (Phi) is 3.05. The summed E-state index contributed by atoms with van der Waals surface area (Å²) in [5.74, 6) is 0. The van der Waals surface area contributed by atoms with Crippen LogP contribution in [0.5, 0.6) is 0 Å². The van der Waals surface area contributed by atoms with Crippen LogP contribution in [0.4, 0.5) is 0 Å². The van der Waals surface area contributed by atoms with Crippen molar-refractivity contribution >= 4 is 10.0 Å². The normalized spacial score (nSPS) is 16.6. The summed E-state index contributed by atoms with van der Waals surface area (Å²) in [5, 5.41) is 0. The molecule has 0 bridgehead atoms. The molecule has 1 aromatic heterocycles. The van der Waals surface area contributed by atoms with Gasteiger partial charge in [-0.15, -0.1) is 0 Å². The molecule has 0 aliphatic heterocycles. The van der Waals surface area contributed by atoms with Crippen molar-refractivity contribution in [3.8, 4) is 0 Å². The van der Waals surface area contributed by atoms with Crippen molar-refractivity contribution in [2.24, 2.45) is 5.73 Å². The fourth-order valence-corrected chi connectivity index (χ4v) is 2.99. The fourth-order valence-electron chi connectivity index (χ4n) is 1.63. The molecule has 6 heteroatoms. The predicted octanol–water partition coefficient (Wildman–Crippen LogP) is 0.407. The molecule has 5 nitrogen and oxygen atoms in total. The van der Waals surface area contributed by atoms with Gasteiger partial charge < -0.3 is 10.3 Å². The Labute approximate surface area is 95.7 Å². The van der Waals surface area contributed by atoms with Gasteiger partial charge in [0.25, 0.3) is 0 Å². The van der Waals surface area contributed by atoms with Crippen LogP contribution < -0.4 is 10.5 Å². The third-order valence-corrected chi connectivity index (χ3v) is 4.21. The second-order valence-corrected chi connectivity index (χ2v) is 5.77. The standard InChI is InChI=1S/C10H17N3O2S/c1-2-13-7-10(5-9(13)6-11)16(14,15)12-8-3-4-8/h5,7-8,12H,2-4,6,11H2,1H3. The minimum Gasteiger partial charge on any atom is -0.349 e. The lowest BCUT2D eigenvalue weighted by atomic mass is 10.4. The monoisotopic (exact) mass is 243 g/mol. The van der Waals surface area contributed by atoms with Crippen molar-refractivity contribution in [2.75, 3.05) is 0 Å². The summed E-state index contributed by atoms with van der Waals surface area (Å²) < 4.78 is 28.3. The quantitative estimate of drug-likeness (QED) is 0.786. The molecule has 0 atom stereocenters. The Morgan fingerprint density at radius 1 is 1.56 bits per heavy atom. The number of sulfonamides is 1. The summed E-state index contributed by atoms with van der Waals surface area (Å²) in [7, 11) is -3.35. The second-order valence-electron chi connectivity index (χ2n) is 4.05. The van der Waals surface area contributed by atoms with Crippen LogP contribution in [0.1, 0.15) is 25.5 Å². The van der Waals surface area contributed by atoms with Crippen molar-refractivity contribution in [3.05, 3.63) is 18.0 Å². The minimum absolute atomic E-state index is 0.135. The number of aromatic nitrogens is 1. The molecule has 1 aliphatic rings. The smallest absolute Gasteiger partial charge is 0.242 e. The molecule has 1 fully saturated rings. The van der Waals surface area contributed by atoms with Gasteiger partial charge in [-0.2, -0.15) is 0 Å². The first-order chi connectivity index (χ1) is 7.56. The average Bonchev–Trinajstić information content (AvgIpc) is 2.93. The van der Waals surface area contributed by atoms with E-state index in [4.69, 9.17) is 5.73 Å². The summed E-state index contributed by atoms with van der Waals surface area (Å²) in [4.78, 5) is 0.321. The molecule has 0 unspecified atom stereocenters. The highest BCUT2D eigenvalue weighted by atomic mass is 32.2. The predicted molar refractivity (Wildman–Crippen MR) is 61.3 cm³/mol. The van der Waals surface area contributed by atoms with Crippen molar-refractivity contribution in [1.29, 1.82) is 0 Å². The van der Waals surface area contributed by atoms with E-state index in [1.165, 1.54) is 0 Å². The lowest BCUT2D eigenvalue weighted by Gasteiger charge is -2.02. The second kappa shape index (κ2) is 4.20. The highest BCUT2D eigenvalue weighted by Gasteiger charge is 2.28. The molecule has 3 N–H and O–H groups in total. The van der Waals surface area contributed by atoms with Crippen LogP contribution in [-0.2, 0) is 23.1 Å². The van der Waals surface area contributed by atoms with Crippen LogP contribution in [0.2, 0.25) is 0 Å². The molecular formula is C10H17N3O2S. The molecule has 1 aromatic rings. The molecule has 0 aromatic carbocycles. The van der Waals surface area contributed by atoms with E-state index in [-0.39, 0.29) is 6.04 Å². The number of hydrogen-bond acceptors (Lipinski definition) is 3. The van der Waals surface area contributed by atoms with Crippen molar-refractivity contribution in [1.82, 2.24) is 9.29 Å². The minimum atomic E-state index is -3.35. The van der Waals surface area contributed by atoms with Gasteiger partial charge in [0.05, 0.1) is 4.90 Å². The molecular weight excluding hydrogens is 226 g/mol. The maximum atomic E-state index is 11.9. The first-order valence-corrected chi connectivity index (χ1v) is 6.96. The molecule has 1 heterocycles. The Bertz CT molecular complexity index is 453. The summed E-state index contributed by atoms with van der Waals surface area (Å²) in [6, 6.07) is 1.78. The van der Waals surface area contributed by atoms with Gasteiger partial charge in [-0.05, 0) is 25.8 Å². The number of rotatable bonds is 5. The van der Waals surface area contributed by atoms with E-state index < -0.39 is 10.0 Å². The van der Waals surface area contributed by atoms with Gasteiger partial charge in [0, 0.05) is 31.0 Å². The zero-order valence-electron chi connectivity index (χ0n) is 9.31. The summed E-state index contributed by atoms with van der Waals surface area (Å²) in [6.45, 7) is 3.04. The van der Waals surface area contributed by atoms with Gasteiger partial charge >= 0.3 is 0 Å². The number of hydrogen-bond donors (Lipinski definition) is 2.